The van der Waals surface area contributed by atoms with Crippen LogP contribution in [0.1, 0.15) is 22.3 Å². The van der Waals surface area contributed by atoms with Crippen LogP contribution in [-0.2, 0) is 23.0 Å². The van der Waals surface area contributed by atoms with E-state index >= 15 is 0 Å². The average Bonchev–Trinajstić information content (AvgIpc) is 3.20. The number of fused-ring (bicyclic) bond motifs is 2. The van der Waals surface area contributed by atoms with Crippen molar-refractivity contribution in [3.63, 3.8) is 0 Å². The van der Waals surface area contributed by atoms with Gasteiger partial charge in [0, 0.05) is 12.1 Å². The Morgan fingerprint density at radius 2 is 1.76 bits per heavy atom. The number of rotatable bonds is 4. The minimum Gasteiger partial charge on any atom is -0.305 e. The molecule has 3 aromatic carbocycles. The molecule has 0 saturated carbocycles. The van der Waals surface area contributed by atoms with E-state index in [0.717, 1.165) is 28.6 Å². The van der Waals surface area contributed by atoms with Crippen LogP contribution in [0.25, 0.3) is 10.2 Å². The normalized spacial score (nSPS) is 14.1. The Morgan fingerprint density at radius 1 is 1.03 bits per heavy atom. The Balaban J connectivity index is 1.47. The first kappa shape index (κ1) is 22.1. The summed E-state index contributed by atoms with van der Waals surface area (Å²) in [5.74, 6) is 2.15. The monoisotopic (exact) mass is 487 g/mol. The number of hydrogen-bond acceptors (Lipinski definition) is 4. The summed E-state index contributed by atoms with van der Waals surface area (Å²) in [5, 5.41) is 0. The number of carbonyl (C=O) groups excluding carboxylic acids is 1. The molecule has 1 aliphatic heterocycles. The van der Waals surface area contributed by atoms with Crippen molar-refractivity contribution < 1.29 is 13.2 Å². The van der Waals surface area contributed by atoms with E-state index in [2.05, 4.69) is 10.9 Å². The fourth-order valence-corrected chi connectivity index (χ4v) is 6.72. The van der Waals surface area contributed by atoms with Crippen LogP contribution in [0.5, 0.6) is 0 Å². The zero-order valence-corrected chi connectivity index (χ0v) is 19.8. The van der Waals surface area contributed by atoms with Crippen LogP contribution in [0.2, 0.25) is 0 Å². The zero-order chi connectivity index (χ0) is 23.7. The molecular weight excluding hydrogens is 466 g/mol. The molecule has 4 aromatic rings. The van der Waals surface area contributed by atoms with E-state index in [4.69, 9.17) is 6.42 Å². The van der Waals surface area contributed by atoms with E-state index in [-0.39, 0.29) is 4.90 Å². The fourth-order valence-electron chi connectivity index (χ4n) is 4.15. The van der Waals surface area contributed by atoms with Crippen LogP contribution in [0, 0.1) is 12.3 Å². The number of carbonyl (C=O) groups is 1. The zero-order valence-electron chi connectivity index (χ0n) is 18.2. The van der Waals surface area contributed by atoms with Crippen molar-refractivity contribution in [2.45, 2.75) is 24.3 Å². The third-order valence-electron chi connectivity index (χ3n) is 5.79. The van der Waals surface area contributed by atoms with Gasteiger partial charge in [0.25, 0.3) is 15.9 Å². The van der Waals surface area contributed by atoms with Crippen molar-refractivity contribution >= 4 is 43.2 Å². The van der Waals surface area contributed by atoms with Gasteiger partial charge < -0.3 is 4.57 Å². The lowest BCUT2D eigenvalue weighted by molar-refractivity contribution is 0.0998. The quantitative estimate of drug-likeness (QED) is 0.405. The van der Waals surface area contributed by atoms with E-state index in [1.54, 1.807) is 0 Å². The summed E-state index contributed by atoms with van der Waals surface area (Å²) in [7, 11) is -3.74. The first-order valence-corrected chi connectivity index (χ1v) is 13.1. The van der Waals surface area contributed by atoms with E-state index < -0.39 is 15.9 Å². The summed E-state index contributed by atoms with van der Waals surface area (Å²) >= 11 is 1.38. The number of sulfonamides is 1. The molecule has 0 spiro atoms. The number of terminal acetylenes is 1. The number of nitrogens with zero attached hydrogens (tertiary/aromatic N) is 3. The second-order valence-corrected chi connectivity index (χ2v) is 10.8. The molecule has 0 fully saturated rings. The van der Waals surface area contributed by atoms with Gasteiger partial charge in [-0.1, -0.05) is 47.6 Å². The van der Waals surface area contributed by atoms with Crippen LogP contribution in [0.4, 0.5) is 5.69 Å². The first-order chi connectivity index (χ1) is 16.5. The van der Waals surface area contributed by atoms with Gasteiger partial charge in [-0.2, -0.15) is 4.99 Å². The number of aromatic nitrogens is 1. The molecule has 34 heavy (non-hydrogen) atoms. The Kier molecular flexibility index (Phi) is 5.82. The van der Waals surface area contributed by atoms with Crippen molar-refractivity contribution in [2.75, 3.05) is 10.8 Å². The van der Waals surface area contributed by atoms with Crippen molar-refractivity contribution in [1.82, 2.24) is 4.57 Å². The third kappa shape index (κ3) is 3.94. The number of para-hydroxylation sites is 2. The van der Waals surface area contributed by atoms with E-state index in [0.29, 0.717) is 29.1 Å². The van der Waals surface area contributed by atoms with Crippen LogP contribution in [-0.4, -0.2) is 25.4 Å². The minimum atomic E-state index is -3.74. The van der Waals surface area contributed by atoms with Gasteiger partial charge in [-0.3, -0.25) is 9.10 Å². The standard InChI is InChI=1S/C26H21N3O3S2/c1-2-17-28-23-11-5-6-12-24(23)33-26(28)27-25(30)20-13-15-21(16-14-20)34(31,32)29-18-7-9-19-8-3-4-10-22(19)29/h1,3-6,8,10-16H,7,9,17-18H2. The largest absolute Gasteiger partial charge is 0.305 e. The van der Waals surface area contributed by atoms with E-state index in [1.165, 1.54) is 39.9 Å². The lowest BCUT2D eigenvalue weighted by Gasteiger charge is -2.30. The Morgan fingerprint density at radius 3 is 2.56 bits per heavy atom. The molecule has 0 saturated heterocycles. The van der Waals surface area contributed by atoms with Gasteiger partial charge in [0.2, 0.25) is 0 Å². The molecule has 2 heterocycles. The van der Waals surface area contributed by atoms with Gasteiger partial charge >= 0.3 is 0 Å². The van der Waals surface area contributed by atoms with Crippen LogP contribution < -0.4 is 9.11 Å². The van der Waals surface area contributed by atoms with Crippen LogP contribution in [0.15, 0.2) is 82.7 Å². The van der Waals surface area contributed by atoms with E-state index in [1.807, 2.05) is 53.1 Å². The van der Waals surface area contributed by atoms with Crippen molar-refractivity contribution in [3.05, 3.63) is 88.7 Å². The molecule has 0 aliphatic carbocycles. The second-order valence-electron chi connectivity index (χ2n) is 7.89. The SMILES string of the molecule is C#CCn1c(=NC(=O)c2ccc(S(=O)(=O)N3CCCc4ccccc43)cc2)sc2ccccc21. The number of benzene rings is 3. The van der Waals surface area contributed by atoms with Gasteiger partial charge in [0.15, 0.2) is 4.80 Å². The molecule has 0 radical (unpaired) electrons. The molecule has 0 bridgehead atoms. The van der Waals surface area contributed by atoms with Crippen molar-refractivity contribution in [1.29, 1.82) is 0 Å². The maximum Gasteiger partial charge on any atom is 0.279 e. The van der Waals surface area contributed by atoms with Gasteiger partial charge in [0.05, 0.1) is 27.3 Å². The van der Waals surface area contributed by atoms with Crippen molar-refractivity contribution in [2.24, 2.45) is 4.99 Å². The molecule has 5 rings (SSSR count). The van der Waals surface area contributed by atoms with Crippen LogP contribution >= 0.6 is 11.3 Å². The Hall–Kier alpha value is -3.67. The molecule has 1 aromatic heterocycles. The van der Waals surface area contributed by atoms with Crippen molar-refractivity contribution in [3.8, 4) is 12.3 Å². The second kappa shape index (κ2) is 8.93. The molecule has 1 amide bonds. The molecule has 6 nitrogen and oxygen atoms in total. The molecule has 0 unspecified atom stereocenters. The van der Waals surface area contributed by atoms with Gasteiger partial charge in [-0.15, -0.1) is 6.42 Å². The topological polar surface area (TPSA) is 71.7 Å². The number of thiazole rings is 1. The smallest absolute Gasteiger partial charge is 0.279 e. The molecule has 0 atom stereocenters. The third-order valence-corrected chi connectivity index (χ3v) is 8.68. The summed E-state index contributed by atoms with van der Waals surface area (Å²) in [4.78, 5) is 17.8. The summed E-state index contributed by atoms with van der Waals surface area (Å²) in [6.07, 6.45) is 7.13. The van der Waals surface area contributed by atoms with E-state index in [9.17, 15) is 13.2 Å². The fraction of sp³-hybridized carbons (Fsp3) is 0.154. The Bertz CT molecular complexity index is 1610. The lowest BCUT2D eigenvalue weighted by Crippen LogP contribution is -2.35. The summed E-state index contributed by atoms with van der Waals surface area (Å²) in [6, 6.07) is 21.2. The highest BCUT2D eigenvalue weighted by atomic mass is 32.2. The van der Waals surface area contributed by atoms with Gasteiger partial charge in [-0.05, 0) is 60.9 Å². The highest BCUT2D eigenvalue weighted by Gasteiger charge is 2.29. The molecular formula is C26H21N3O3S2. The molecule has 0 N–H and O–H groups in total. The number of amides is 1. The van der Waals surface area contributed by atoms with Crippen LogP contribution in [0.3, 0.4) is 0 Å². The number of anilines is 1. The highest BCUT2D eigenvalue weighted by Crippen LogP contribution is 2.31. The summed E-state index contributed by atoms with van der Waals surface area (Å²) in [6.45, 7) is 0.723. The first-order valence-electron chi connectivity index (χ1n) is 10.8. The predicted molar refractivity (Wildman–Crippen MR) is 134 cm³/mol. The van der Waals surface area contributed by atoms with Gasteiger partial charge in [0.1, 0.15) is 0 Å². The molecule has 1 aliphatic rings. The predicted octanol–water partition coefficient (Wildman–Crippen LogP) is 4.22. The Labute approximate surface area is 201 Å². The maximum absolute atomic E-state index is 13.3. The minimum absolute atomic E-state index is 0.144. The molecule has 170 valence electrons. The lowest BCUT2D eigenvalue weighted by atomic mass is 10.0. The average molecular weight is 488 g/mol. The summed E-state index contributed by atoms with van der Waals surface area (Å²) in [5.41, 5.74) is 2.96. The maximum atomic E-state index is 13.3. The van der Waals surface area contributed by atoms with Gasteiger partial charge in [-0.25, -0.2) is 8.42 Å². The summed E-state index contributed by atoms with van der Waals surface area (Å²) < 4.78 is 30.9. The highest BCUT2D eigenvalue weighted by molar-refractivity contribution is 7.92. The number of aryl methyl sites for hydroxylation is 1. The molecule has 8 heteroatoms. The number of hydrogen-bond donors (Lipinski definition) is 0.